The summed E-state index contributed by atoms with van der Waals surface area (Å²) >= 11 is 0. The van der Waals surface area contributed by atoms with Gasteiger partial charge in [-0.05, 0) is 44.5 Å². The lowest BCUT2D eigenvalue weighted by atomic mass is 10.1. The molecule has 1 heterocycles. The molecule has 0 bridgehead atoms. The van der Waals surface area contributed by atoms with Crippen molar-refractivity contribution in [1.82, 2.24) is 10.2 Å². The second-order valence-corrected chi connectivity index (χ2v) is 8.24. The Kier molecular flexibility index (Phi) is 8.25. The number of piperazine rings is 1. The van der Waals surface area contributed by atoms with Gasteiger partial charge >= 0.3 is 0 Å². The molecule has 8 heteroatoms. The van der Waals surface area contributed by atoms with Gasteiger partial charge in [-0.15, -0.1) is 0 Å². The summed E-state index contributed by atoms with van der Waals surface area (Å²) in [6, 6.07) is 7.19. The van der Waals surface area contributed by atoms with Crippen LogP contribution in [0, 0.1) is 11.3 Å². The molecule has 0 aromatic heterocycles. The first kappa shape index (κ1) is 23.2. The van der Waals surface area contributed by atoms with E-state index in [0.717, 1.165) is 18.7 Å². The van der Waals surface area contributed by atoms with E-state index in [2.05, 4.69) is 5.32 Å². The number of rotatable bonds is 7. The fourth-order valence-corrected chi connectivity index (χ4v) is 3.20. The molecule has 1 aromatic carbocycles. The molecule has 0 spiro atoms. The highest BCUT2D eigenvalue weighted by Gasteiger charge is 2.25. The molecule has 2 amide bonds. The highest BCUT2D eigenvalue weighted by Crippen LogP contribution is 2.28. The molecule has 0 saturated carbocycles. The largest absolute Gasteiger partial charge is 0.493 e. The maximum absolute atomic E-state index is 12.5. The smallest absolute Gasteiger partial charge is 0.275 e. The van der Waals surface area contributed by atoms with Gasteiger partial charge in [0.15, 0.2) is 24.7 Å². The minimum atomic E-state index is -0.234. The second kappa shape index (κ2) is 10.6. The molecule has 1 saturated heterocycles. The zero-order valence-corrected chi connectivity index (χ0v) is 18.2. The third kappa shape index (κ3) is 7.41. The van der Waals surface area contributed by atoms with Crippen molar-refractivity contribution in [1.29, 1.82) is 5.26 Å². The van der Waals surface area contributed by atoms with Crippen molar-refractivity contribution in [3.05, 3.63) is 29.8 Å². The lowest BCUT2D eigenvalue weighted by Gasteiger charge is -2.32. The van der Waals surface area contributed by atoms with Gasteiger partial charge in [-0.3, -0.25) is 9.59 Å². The quantitative estimate of drug-likeness (QED) is 0.623. The van der Waals surface area contributed by atoms with Gasteiger partial charge in [-0.25, -0.2) is 0 Å². The Morgan fingerprint density at radius 3 is 2.57 bits per heavy atom. The molecule has 30 heavy (non-hydrogen) atoms. The molecule has 0 aliphatic carbocycles. The van der Waals surface area contributed by atoms with Crippen LogP contribution in [-0.2, 0) is 9.59 Å². The highest BCUT2D eigenvalue weighted by atomic mass is 16.5. The van der Waals surface area contributed by atoms with Gasteiger partial charge in [0.25, 0.3) is 5.91 Å². The van der Waals surface area contributed by atoms with Crippen LogP contribution in [0.15, 0.2) is 24.3 Å². The van der Waals surface area contributed by atoms with Gasteiger partial charge in [0, 0.05) is 11.6 Å². The maximum atomic E-state index is 12.5. The number of carbonyl (C=O) groups is 2. The highest BCUT2D eigenvalue weighted by molar-refractivity contribution is 5.92. The van der Waals surface area contributed by atoms with Gasteiger partial charge in [0.1, 0.15) is 6.07 Å². The van der Waals surface area contributed by atoms with Gasteiger partial charge < -0.3 is 24.6 Å². The third-order valence-corrected chi connectivity index (χ3v) is 4.61. The van der Waals surface area contributed by atoms with E-state index in [1.165, 1.54) is 12.0 Å². The predicted octanol–water partition coefficient (Wildman–Crippen LogP) is 0.253. The molecule has 1 aliphatic rings. The Hall–Kier alpha value is -3.05. The Labute approximate surface area is 178 Å². The van der Waals surface area contributed by atoms with Crippen molar-refractivity contribution >= 4 is 17.9 Å². The minimum Gasteiger partial charge on any atom is -0.493 e. The maximum Gasteiger partial charge on any atom is 0.275 e. The topological polar surface area (TPSA) is 96.1 Å². The van der Waals surface area contributed by atoms with Crippen LogP contribution in [0.5, 0.6) is 11.5 Å². The summed E-state index contributed by atoms with van der Waals surface area (Å²) in [5.74, 6) is 0.966. The van der Waals surface area contributed by atoms with E-state index in [-0.39, 0.29) is 24.0 Å². The summed E-state index contributed by atoms with van der Waals surface area (Å²) in [4.78, 5) is 27.6. The van der Waals surface area contributed by atoms with Crippen LogP contribution in [-0.4, -0.2) is 68.7 Å². The van der Waals surface area contributed by atoms with Crippen LogP contribution in [0.2, 0.25) is 0 Å². The van der Waals surface area contributed by atoms with E-state index in [9.17, 15) is 9.59 Å². The number of amides is 2. The van der Waals surface area contributed by atoms with Crippen LogP contribution >= 0.6 is 0 Å². The van der Waals surface area contributed by atoms with E-state index in [1.807, 2.05) is 26.8 Å². The number of quaternary nitrogens is 1. The molecule has 1 fully saturated rings. The molecule has 0 atom stereocenters. The summed E-state index contributed by atoms with van der Waals surface area (Å²) in [5, 5.41) is 11.6. The molecule has 1 aromatic rings. The average Bonchev–Trinajstić information content (AvgIpc) is 2.69. The number of hydrogen-bond acceptors (Lipinski definition) is 5. The first-order valence-corrected chi connectivity index (χ1v) is 10.0. The number of methoxy groups -OCH3 is 1. The molecule has 162 valence electrons. The molecular formula is C22H31N4O4+. The van der Waals surface area contributed by atoms with E-state index in [1.54, 1.807) is 35.3 Å². The summed E-state index contributed by atoms with van der Waals surface area (Å²) in [6.07, 6.45) is 3.27. The van der Waals surface area contributed by atoms with Crippen LogP contribution < -0.4 is 19.7 Å². The van der Waals surface area contributed by atoms with Gasteiger partial charge in [-0.1, -0.05) is 6.07 Å². The van der Waals surface area contributed by atoms with Crippen molar-refractivity contribution in [2.24, 2.45) is 0 Å². The fraction of sp³-hybridized carbons (Fsp3) is 0.500. The number of nitriles is 1. The van der Waals surface area contributed by atoms with Gasteiger partial charge in [-0.2, -0.15) is 5.26 Å². The molecule has 8 nitrogen and oxygen atoms in total. The van der Waals surface area contributed by atoms with Crippen molar-refractivity contribution in [3.8, 4) is 17.6 Å². The van der Waals surface area contributed by atoms with Crippen LogP contribution in [0.1, 0.15) is 26.3 Å². The van der Waals surface area contributed by atoms with Crippen LogP contribution in [0.4, 0.5) is 0 Å². The third-order valence-electron chi connectivity index (χ3n) is 4.61. The fourth-order valence-electron chi connectivity index (χ4n) is 3.20. The monoisotopic (exact) mass is 415 g/mol. The molecule has 2 rings (SSSR count). The Morgan fingerprint density at radius 2 is 1.97 bits per heavy atom. The Bertz CT molecular complexity index is 815. The van der Waals surface area contributed by atoms with Gasteiger partial charge in [0.2, 0.25) is 5.91 Å². The molecule has 1 aliphatic heterocycles. The minimum absolute atomic E-state index is 0.0355. The molecular weight excluding hydrogens is 384 g/mol. The first-order chi connectivity index (χ1) is 14.2. The lowest BCUT2D eigenvalue weighted by molar-refractivity contribution is -0.896. The molecule has 0 radical (unpaired) electrons. The Morgan fingerprint density at radius 1 is 1.27 bits per heavy atom. The summed E-state index contributed by atoms with van der Waals surface area (Å²) in [5.41, 5.74) is 0.564. The number of benzene rings is 1. The SMILES string of the molecule is COc1cc(/C=C/C(=O)N2CC[NH+](CC(=O)NC(C)(C)C)CC2)ccc1OCC#N. The normalized spacial score (nSPS) is 15.0. The second-order valence-electron chi connectivity index (χ2n) is 8.24. The zero-order chi connectivity index (χ0) is 22.1. The number of ether oxygens (including phenoxy) is 2. The average molecular weight is 416 g/mol. The predicted molar refractivity (Wildman–Crippen MR) is 113 cm³/mol. The summed E-state index contributed by atoms with van der Waals surface area (Å²) in [7, 11) is 1.52. The summed E-state index contributed by atoms with van der Waals surface area (Å²) in [6.45, 7) is 8.98. The van der Waals surface area contributed by atoms with Crippen LogP contribution in [0.3, 0.4) is 0 Å². The van der Waals surface area contributed by atoms with Crippen molar-refractivity contribution in [2.75, 3.05) is 46.4 Å². The van der Waals surface area contributed by atoms with Crippen molar-refractivity contribution in [3.63, 3.8) is 0 Å². The van der Waals surface area contributed by atoms with Crippen molar-refractivity contribution < 1.29 is 24.0 Å². The van der Waals surface area contributed by atoms with Crippen molar-refractivity contribution in [2.45, 2.75) is 26.3 Å². The van der Waals surface area contributed by atoms with Crippen LogP contribution in [0.25, 0.3) is 6.08 Å². The molecule has 0 unspecified atom stereocenters. The van der Waals surface area contributed by atoms with Gasteiger partial charge in [0.05, 0.1) is 33.3 Å². The zero-order valence-electron chi connectivity index (χ0n) is 18.2. The van der Waals surface area contributed by atoms with E-state index in [4.69, 9.17) is 14.7 Å². The first-order valence-electron chi connectivity index (χ1n) is 10.0. The van der Waals surface area contributed by atoms with E-state index in [0.29, 0.717) is 31.1 Å². The number of nitrogens with zero attached hydrogens (tertiary/aromatic N) is 2. The molecule has 2 N–H and O–H groups in total. The Balaban J connectivity index is 1.86. The van der Waals surface area contributed by atoms with E-state index >= 15 is 0 Å². The number of carbonyl (C=O) groups excluding carboxylic acids is 2. The lowest BCUT2D eigenvalue weighted by Crippen LogP contribution is -3.16. The summed E-state index contributed by atoms with van der Waals surface area (Å²) < 4.78 is 10.6. The standard InChI is InChI=1S/C22H30N4O4/c1-22(2,3)24-20(27)16-25-10-12-26(13-11-25)21(28)8-6-17-5-7-18(30-14-9-23)19(15-17)29-4/h5-8,15H,10-14,16H2,1-4H3,(H,24,27)/p+1/b8-6+. The number of nitrogens with one attached hydrogen (secondary N) is 2. The number of hydrogen-bond donors (Lipinski definition) is 2. The van der Waals surface area contributed by atoms with E-state index < -0.39 is 0 Å².